The molecular formula is C36H44N6O7. The number of isocyanates is 6. The molecule has 0 amide bonds. The lowest BCUT2D eigenvalue weighted by atomic mass is 9.83. The van der Waals surface area contributed by atoms with Crippen LogP contribution in [-0.2, 0) is 28.8 Å². The highest BCUT2D eigenvalue weighted by atomic mass is 16.1. The molecule has 0 heterocycles. The zero-order valence-corrected chi connectivity index (χ0v) is 30.1. The van der Waals surface area contributed by atoms with Gasteiger partial charge in [-0.2, -0.15) is 30.0 Å². The maximum atomic E-state index is 11.0. The van der Waals surface area contributed by atoms with Crippen LogP contribution in [0.3, 0.4) is 0 Å². The first kappa shape index (κ1) is 43.7. The topological polar surface area (TPSA) is 208 Å². The Morgan fingerprint density at radius 3 is 0.449 bits per heavy atom. The van der Waals surface area contributed by atoms with Crippen molar-refractivity contribution in [2.24, 2.45) is 30.0 Å². The molecule has 0 unspecified atom stereocenters. The lowest BCUT2D eigenvalue weighted by Gasteiger charge is -2.24. The number of benzene rings is 2. The van der Waals surface area contributed by atoms with Crippen LogP contribution < -0.4 is 0 Å². The maximum absolute atomic E-state index is 11.0. The zero-order valence-electron chi connectivity index (χ0n) is 30.1. The minimum absolute atomic E-state index is 0. The number of hydrogen-bond donors (Lipinski definition) is 0. The van der Waals surface area contributed by atoms with Crippen LogP contribution >= 0.6 is 0 Å². The Morgan fingerprint density at radius 2 is 0.388 bits per heavy atom. The first-order valence-corrected chi connectivity index (χ1v) is 15.6. The van der Waals surface area contributed by atoms with Gasteiger partial charge in [0.1, 0.15) is 0 Å². The second-order valence-corrected chi connectivity index (χ2v) is 12.7. The molecule has 0 aliphatic rings. The molecule has 2 N–H and O–H groups in total. The van der Waals surface area contributed by atoms with Gasteiger partial charge in [-0.05, 0) is 35.5 Å². The number of hydrogen-bond acceptors (Lipinski definition) is 12. The van der Waals surface area contributed by atoms with Gasteiger partial charge in [-0.15, -0.1) is 0 Å². The van der Waals surface area contributed by atoms with Gasteiger partial charge in [0, 0.05) is 33.4 Å². The molecule has 0 saturated heterocycles. The average molecular weight is 673 g/mol. The number of aliphatic imine (C=N–C) groups is 6. The van der Waals surface area contributed by atoms with Crippen molar-refractivity contribution >= 4 is 70.6 Å². The van der Waals surface area contributed by atoms with Crippen LogP contribution in [0.4, 0.5) is 34.1 Å². The van der Waals surface area contributed by atoms with E-state index >= 15 is 0 Å². The molecule has 0 atom stereocenters. The van der Waals surface area contributed by atoms with Crippen molar-refractivity contribution in [3.8, 4) is 0 Å². The molecule has 0 fully saturated rings. The largest absolute Gasteiger partial charge is 0.412 e. The lowest BCUT2D eigenvalue weighted by molar-refractivity contribution is 0.563. The molecule has 0 aliphatic heterocycles. The van der Waals surface area contributed by atoms with Crippen molar-refractivity contribution in [1.82, 2.24) is 0 Å². The van der Waals surface area contributed by atoms with Gasteiger partial charge in [-0.25, -0.2) is 28.8 Å². The summed E-state index contributed by atoms with van der Waals surface area (Å²) >= 11 is 0. The van der Waals surface area contributed by atoms with Gasteiger partial charge in [-0.1, -0.05) is 83.1 Å². The number of rotatable bonds is 12. The summed E-state index contributed by atoms with van der Waals surface area (Å²) in [5, 5.41) is 0. The molecule has 13 heteroatoms. The predicted molar refractivity (Wildman–Crippen MR) is 188 cm³/mol. The zero-order chi connectivity index (χ0) is 36.9. The molecule has 2 aromatic carbocycles. The van der Waals surface area contributed by atoms with Crippen molar-refractivity contribution in [3.05, 3.63) is 33.4 Å². The van der Waals surface area contributed by atoms with E-state index in [4.69, 9.17) is 0 Å². The lowest BCUT2D eigenvalue weighted by Crippen LogP contribution is -2.03. The Bertz CT molecular complexity index is 1440. The second-order valence-electron chi connectivity index (χ2n) is 12.7. The summed E-state index contributed by atoms with van der Waals surface area (Å²) in [7, 11) is 0. The third-order valence-electron chi connectivity index (χ3n) is 7.47. The van der Waals surface area contributed by atoms with E-state index in [1.165, 1.54) is 0 Å². The number of carbonyl (C=O) groups excluding carboxylic acids is 6. The van der Waals surface area contributed by atoms with Gasteiger partial charge in [0.15, 0.2) is 0 Å². The van der Waals surface area contributed by atoms with E-state index in [1.807, 2.05) is 83.1 Å². The van der Waals surface area contributed by atoms with Crippen LogP contribution in [0.1, 0.15) is 152 Å². The van der Waals surface area contributed by atoms with E-state index in [-0.39, 0.29) is 41.0 Å². The normalized spacial score (nSPS) is 10.2. The van der Waals surface area contributed by atoms with Gasteiger partial charge in [0.2, 0.25) is 36.5 Å². The highest BCUT2D eigenvalue weighted by Crippen LogP contribution is 2.52. The summed E-state index contributed by atoms with van der Waals surface area (Å²) in [6, 6.07) is 0. The van der Waals surface area contributed by atoms with Crippen molar-refractivity contribution < 1.29 is 34.2 Å². The Kier molecular flexibility index (Phi) is 18.0. The fraction of sp³-hybridized carbons (Fsp3) is 0.500. The fourth-order valence-corrected chi connectivity index (χ4v) is 5.82. The van der Waals surface area contributed by atoms with E-state index in [0.717, 1.165) is 0 Å². The van der Waals surface area contributed by atoms with Gasteiger partial charge >= 0.3 is 0 Å². The third kappa shape index (κ3) is 9.85. The smallest absolute Gasteiger partial charge is 0.240 e. The molecule has 0 spiro atoms. The van der Waals surface area contributed by atoms with Gasteiger partial charge in [-0.3, -0.25) is 0 Å². The van der Waals surface area contributed by atoms with Crippen molar-refractivity contribution in [2.75, 3.05) is 0 Å². The summed E-state index contributed by atoms with van der Waals surface area (Å²) in [5.74, 6) is -0.370. The molecule has 13 nitrogen and oxygen atoms in total. The molecule has 0 radical (unpaired) electrons. The Hall–Kier alpha value is -5.32. The highest BCUT2D eigenvalue weighted by Gasteiger charge is 2.30. The third-order valence-corrected chi connectivity index (χ3v) is 7.47. The molecule has 2 rings (SSSR count). The Balaban J connectivity index is 0.000000922. The van der Waals surface area contributed by atoms with Crippen LogP contribution in [0.5, 0.6) is 0 Å². The number of nitrogens with zero attached hydrogens (tertiary/aromatic N) is 6. The van der Waals surface area contributed by atoms with Crippen LogP contribution in [0, 0.1) is 0 Å². The minimum atomic E-state index is -0.0616. The average Bonchev–Trinajstić information content (AvgIpc) is 2.97. The predicted octanol–water partition coefficient (Wildman–Crippen LogP) is 9.09. The molecule has 0 aliphatic carbocycles. The standard InChI is InChI=1S/2C18H21N3O3.H2O/c2*1-10(2)13-16(19-7-22)14(11(3)4)18(21-9-24)15(12(5)6)17(13)20-8-23;/h2*10-12H,1-6H3;1H2. The van der Waals surface area contributed by atoms with Crippen LogP contribution in [0.25, 0.3) is 0 Å². The summed E-state index contributed by atoms with van der Waals surface area (Å²) in [6.07, 6.45) is 9.34. The molecule has 0 saturated carbocycles. The Morgan fingerprint density at radius 1 is 0.286 bits per heavy atom. The quantitative estimate of drug-likeness (QED) is 0.158. The highest BCUT2D eigenvalue weighted by molar-refractivity contribution is 5.84. The van der Waals surface area contributed by atoms with Gasteiger partial charge < -0.3 is 5.48 Å². The molecule has 49 heavy (non-hydrogen) atoms. The summed E-state index contributed by atoms with van der Waals surface area (Å²) < 4.78 is 0. The maximum Gasteiger partial charge on any atom is 0.240 e. The van der Waals surface area contributed by atoms with E-state index < -0.39 is 0 Å². The minimum Gasteiger partial charge on any atom is -0.412 e. The van der Waals surface area contributed by atoms with Crippen molar-refractivity contribution in [1.29, 1.82) is 0 Å². The van der Waals surface area contributed by atoms with E-state index in [9.17, 15) is 28.8 Å². The van der Waals surface area contributed by atoms with Crippen molar-refractivity contribution in [2.45, 2.75) is 119 Å². The molecule has 0 aromatic heterocycles. The molecule has 260 valence electrons. The van der Waals surface area contributed by atoms with Crippen molar-refractivity contribution in [3.63, 3.8) is 0 Å². The van der Waals surface area contributed by atoms with E-state index in [2.05, 4.69) is 30.0 Å². The van der Waals surface area contributed by atoms with Crippen LogP contribution in [-0.4, -0.2) is 42.0 Å². The first-order valence-electron chi connectivity index (χ1n) is 15.6. The first-order chi connectivity index (χ1) is 22.6. The molecule has 2 aromatic rings. The summed E-state index contributed by atoms with van der Waals surface area (Å²) in [6.45, 7) is 23.0. The molecular weight excluding hydrogens is 628 g/mol. The Labute approximate surface area is 286 Å². The second kappa shape index (κ2) is 20.1. The SMILES string of the molecule is CC(C)c1c(N=C=O)c(C(C)C)c(N=C=O)c(C(C)C)c1N=C=O.CC(C)c1c(N=C=O)c(C(C)C)c(N=C=O)c(C(C)C)c1N=C=O.O. The van der Waals surface area contributed by atoms with Crippen LogP contribution in [0.15, 0.2) is 30.0 Å². The van der Waals surface area contributed by atoms with Gasteiger partial charge in [0.25, 0.3) is 0 Å². The van der Waals surface area contributed by atoms with Crippen LogP contribution in [0.2, 0.25) is 0 Å². The molecule has 0 bridgehead atoms. The van der Waals surface area contributed by atoms with E-state index in [0.29, 0.717) is 67.5 Å². The van der Waals surface area contributed by atoms with Gasteiger partial charge in [0.05, 0.1) is 34.1 Å². The summed E-state index contributed by atoms with van der Waals surface area (Å²) in [4.78, 5) is 88.9. The summed E-state index contributed by atoms with van der Waals surface area (Å²) in [5.41, 5.74) is 6.09. The monoisotopic (exact) mass is 672 g/mol. The fourth-order valence-electron chi connectivity index (χ4n) is 5.82. The van der Waals surface area contributed by atoms with E-state index in [1.54, 1.807) is 36.5 Å².